The Morgan fingerprint density at radius 2 is 2.00 bits per heavy atom. The summed E-state index contributed by atoms with van der Waals surface area (Å²) in [5.74, 6) is 0.771. The summed E-state index contributed by atoms with van der Waals surface area (Å²) >= 11 is 0. The molecule has 0 radical (unpaired) electrons. The number of hydrogen-bond acceptors (Lipinski definition) is 7. The molecule has 3 N–H and O–H groups in total. The first-order valence-corrected chi connectivity index (χ1v) is 11.2. The fraction of sp³-hybridized carbons (Fsp3) is 0.478. The van der Waals surface area contributed by atoms with Crippen molar-refractivity contribution in [2.45, 2.75) is 64.1 Å². The molecule has 3 aromatic heterocycles. The second kappa shape index (κ2) is 8.36. The van der Waals surface area contributed by atoms with Crippen LogP contribution in [0.15, 0.2) is 18.3 Å². The summed E-state index contributed by atoms with van der Waals surface area (Å²) in [5, 5.41) is 23.2. The van der Waals surface area contributed by atoms with E-state index in [1.807, 2.05) is 19.9 Å². The number of H-pyrrole nitrogens is 1. The number of piperidine rings is 1. The van der Waals surface area contributed by atoms with Crippen molar-refractivity contribution in [2.75, 3.05) is 17.2 Å². The smallest absolute Gasteiger partial charge is 0.192 e. The van der Waals surface area contributed by atoms with Crippen LogP contribution in [-0.4, -0.2) is 49.7 Å². The van der Waals surface area contributed by atoms with Gasteiger partial charge in [0.25, 0.3) is 0 Å². The Labute approximate surface area is 186 Å². The van der Waals surface area contributed by atoms with Crippen LogP contribution in [-0.2, 0) is 0 Å². The van der Waals surface area contributed by atoms with E-state index >= 15 is 4.39 Å². The van der Waals surface area contributed by atoms with Crippen LogP contribution in [0.1, 0.15) is 43.4 Å². The third kappa shape index (κ3) is 3.86. The van der Waals surface area contributed by atoms with Crippen molar-refractivity contribution in [1.82, 2.24) is 25.1 Å². The third-order valence-corrected chi connectivity index (χ3v) is 6.58. The van der Waals surface area contributed by atoms with Crippen molar-refractivity contribution >= 4 is 28.4 Å². The van der Waals surface area contributed by atoms with Gasteiger partial charge in [-0.05, 0) is 51.2 Å². The van der Waals surface area contributed by atoms with Gasteiger partial charge in [-0.2, -0.15) is 10.4 Å². The monoisotopic (exact) mass is 434 g/mol. The van der Waals surface area contributed by atoms with Crippen LogP contribution in [0.5, 0.6) is 0 Å². The standard InChI is InChI=1S/C23H27FN8/c1-13-8-18-21(26-12-13)20(24)23(28-19-9-14(2)30-31-19)29-22(18)27-15-10-16-4-5-17(11-15)32(16)7-3-6-25/h8-9,12,15-17H,3-5,7,10-11H2,1-2H3,(H3,27,28,29,30,31)/t15?,16-,17+. The van der Waals surface area contributed by atoms with Gasteiger partial charge in [-0.15, -0.1) is 0 Å². The minimum Gasteiger partial charge on any atom is -0.367 e. The Balaban J connectivity index is 1.45. The highest BCUT2D eigenvalue weighted by atomic mass is 19.1. The van der Waals surface area contributed by atoms with Gasteiger partial charge in [0.2, 0.25) is 0 Å². The zero-order valence-corrected chi connectivity index (χ0v) is 18.3. The number of aromatic nitrogens is 4. The van der Waals surface area contributed by atoms with Gasteiger partial charge in [-0.25, -0.2) is 9.37 Å². The van der Waals surface area contributed by atoms with Crippen LogP contribution in [0.25, 0.3) is 10.9 Å². The maximum absolute atomic E-state index is 15.3. The van der Waals surface area contributed by atoms with Crippen molar-refractivity contribution in [3.8, 4) is 6.07 Å². The summed E-state index contributed by atoms with van der Waals surface area (Å²) in [6, 6.07) is 7.21. The molecule has 5 heterocycles. The predicted molar refractivity (Wildman–Crippen MR) is 121 cm³/mol. The zero-order chi connectivity index (χ0) is 22.2. The number of hydrogen-bond donors (Lipinski definition) is 3. The lowest BCUT2D eigenvalue weighted by atomic mass is 9.97. The van der Waals surface area contributed by atoms with E-state index in [-0.39, 0.29) is 17.4 Å². The summed E-state index contributed by atoms with van der Waals surface area (Å²) in [6.45, 7) is 4.67. The summed E-state index contributed by atoms with van der Waals surface area (Å²) in [6.07, 6.45) is 6.55. The third-order valence-electron chi connectivity index (χ3n) is 6.58. The molecule has 5 rings (SSSR count). The Morgan fingerprint density at radius 3 is 2.69 bits per heavy atom. The molecule has 0 amide bonds. The second-order valence-corrected chi connectivity index (χ2v) is 8.94. The van der Waals surface area contributed by atoms with Crippen molar-refractivity contribution in [1.29, 1.82) is 5.26 Å². The number of aryl methyl sites for hydroxylation is 2. The summed E-state index contributed by atoms with van der Waals surface area (Å²) < 4.78 is 15.3. The Morgan fingerprint density at radius 1 is 1.22 bits per heavy atom. The number of rotatable bonds is 6. The summed E-state index contributed by atoms with van der Waals surface area (Å²) in [4.78, 5) is 11.5. The van der Waals surface area contributed by atoms with Crippen LogP contribution >= 0.6 is 0 Å². The Bertz CT molecular complexity index is 1170. The molecule has 1 unspecified atom stereocenters. The first-order chi connectivity index (χ1) is 15.5. The number of pyridine rings is 2. The molecule has 0 aliphatic carbocycles. The molecule has 9 heteroatoms. The van der Waals surface area contributed by atoms with Gasteiger partial charge < -0.3 is 10.6 Å². The van der Waals surface area contributed by atoms with Crippen LogP contribution in [0, 0.1) is 31.0 Å². The van der Waals surface area contributed by atoms with E-state index in [0.717, 1.165) is 43.5 Å². The highest BCUT2D eigenvalue weighted by molar-refractivity contribution is 5.92. The molecule has 0 spiro atoms. The molecule has 3 aromatic rings. The van der Waals surface area contributed by atoms with Crippen molar-refractivity contribution < 1.29 is 4.39 Å². The van der Waals surface area contributed by atoms with E-state index in [4.69, 9.17) is 5.26 Å². The second-order valence-electron chi connectivity index (χ2n) is 8.94. The molecule has 32 heavy (non-hydrogen) atoms. The molecule has 0 saturated carbocycles. The number of nitriles is 1. The molecular formula is C23H27FN8. The lowest BCUT2D eigenvalue weighted by molar-refractivity contribution is 0.136. The molecular weight excluding hydrogens is 407 g/mol. The molecule has 2 fully saturated rings. The fourth-order valence-electron chi connectivity index (χ4n) is 5.18. The predicted octanol–water partition coefficient (Wildman–Crippen LogP) is 4.17. The van der Waals surface area contributed by atoms with Gasteiger partial charge in [0, 0.05) is 54.4 Å². The molecule has 8 nitrogen and oxygen atoms in total. The SMILES string of the molecule is Cc1cnc2c(F)c(Nc3cc(C)[nH]n3)nc(NC3C[C@H]4CC[C@@H](C3)N4CCC#N)c2c1. The number of nitrogens with one attached hydrogen (secondary N) is 3. The first-order valence-electron chi connectivity index (χ1n) is 11.2. The highest BCUT2D eigenvalue weighted by Crippen LogP contribution is 2.38. The van der Waals surface area contributed by atoms with E-state index < -0.39 is 5.82 Å². The molecule has 2 bridgehead atoms. The number of fused-ring (bicyclic) bond motifs is 3. The van der Waals surface area contributed by atoms with Crippen molar-refractivity contribution in [3.63, 3.8) is 0 Å². The van der Waals surface area contributed by atoms with Crippen molar-refractivity contribution in [2.24, 2.45) is 0 Å². The van der Waals surface area contributed by atoms with E-state index in [1.54, 1.807) is 12.3 Å². The molecule has 2 aliphatic heterocycles. The fourth-order valence-corrected chi connectivity index (χ4v) is 5.18. The largest absolute Gasteiger partial charge is 0.367 e. The van der Waals surface area contributed by atoms with Gasteiger partial charge in [0.15, 0.2) is 17.5 Å². The average molecular weight is 435 g/mol. The Hall–Kier alpha value is -3.25. The van der Waals surface area contributed by atoms with Crippen LogP contribution in [0.4, 0.5) is 21.8 Å². The van der Waals surface area contributed by atoms with Gasteiger partial charge in [0.05, 0.1) is 6.07 Å². The summed E-state index contributed by atoms with van der Waals surface area (Å²) in [5.41, 5.74) is 2.12. The van der Waals surface area contributed by atoms with E-state index in [1.165, 1.54) is 0 Å². The van der Waals surface area contributed by atoms with E-state index in [2.05, 4.69) is 41.8 Å². The molecule has 0 aromatic carbocycles. The van der Waals surface area contributed by atoms with Crippen molar-refractivity contribution in [3.05, 3.63) is 35.4 Å². The first kappa shape index (κ1) is 20.6. The number of anilines is 3. The van der Waals surface area contributed by atoms with E-state index in [9.17, 15) is 0 Å². The van der Waals surface area contributed by atoms with Crippen LogP contribution in [0.2, 0.25) is 0 Å². The highest BCUT2D eigenvalue weighted by Gasteiger charge is 2.40. The lowest BCUT2D eigenvalue weighted by Gasteiger charge is -2.39. The average Bonchev–Trinajstić information content (AvgIpc) is 3.28. The lowest BCUT2D eigenvalue weighted by Crippen LogP contribution is -2.47. The van der Waals surface area contributed by atoms with Crippen LogP contribution in [0.3, 0.4) is 0 Å². The van der Waals surface area contributed by atoms with Gasteiger partial charge in [0.1, 0.15) is 11.3 Å². The minimum absolute atomic E-state index is 0.109. The molecule has 166 valence electrons. The van der Waals surface area contributed by atoms with Gasteiger partial charge >= 0.3 is 0 Å². The normalized spacial score (nSPS) is 22.8. The number of nitrogens with zero attached hydrogens (tertiary/aromatic N) is 5. The molecule has 2 saturated heterocycles. The molecule has 2 aliphatic rings. The number of aromatic amines is 1. The summed E-state index contributed by atoms with van der Waals surface area (Å²) in [7, 11) is 0. The maximum atomic E-state index is 15.3. The van der Waals surface area contributed by atoms with Gasteiger partial charge in [-0.1, -0.05) is 0 Å². The topological polar surface area (TPSA) is 106 Å². The minimum atomic E-state index is -0.488. The quantitative estimate of drug-likeness (QED) is 0.535. The van der Waals surface area contributed by atoms with Gasteiger partial charge in [-0.3, -0.25) is 15.0 Å². The van der Waals surface area contributed by atoms with E-state index in [0.29, 0.717) is 35.5 Å². The number of halogens is 1. The molecule has 3 atom stereocenters. The maximum Gasteiger partial charge on any atom is 0.192 e. The van der Waals surface area contributed by atoms with Crippen LogP contribution < -0.4 is 10.6 Å². The Kier molecular flexibility index (Phi) is 5.39. The zero-order valence-electron chi connectivity index (χ0n) is 18.3.